The molecule has 5 rings (SSSR count). The summed E-state index contributed by atoms with van der Waals surface area (Å²) in [5, 5.41) is 4.15. The van der Waals surface area contributed by atoms with Crippen LogP contribution in [0.5, 0.6) is 0 Å². The molecular weight excluding hydrogens is 250 g/mol. The van der Waals surface area contributed by atoms with Gasteiger partial charge in [0.15, 0.2) is 0 Å². The Kier molecular flexibility index (Phi) is 1.97. The number of aromatic nitrogens is 2. The number of hydrogen-bond acceptors (Lipinski definition) is 4. The van der Waals surface area contributed by atoms with Gasteiger partial charge in [0.05, 0.1) is 0 Å². The lowest BCUT2D eigenvalue weighted by atomic mass is 10.0. The van der Waals surface area contributed by atoms with Gasteiger partial charge < -0.3 is 10.3 Å². The lowest BCUT2D eigenvalue weighted by molar-refractivity contribution is 0.356. The van der Waals surface area contributed by atoms with Crippen molar-refractivity contribution in [1.29, 1.82) is 0 Å². The van der Waals surface area contributed by atoms with Crippen molar-refractivity contribution in [2.75, 3.05) is 5.73 Å². The molecule has 4 heteroatoms. The zero-order chi connectivity index (χ0) is 13.3. The van der Waals surface area contributed by atoms with Crippen LogP contribution in [0.2, 0.25) is 0 Å². The van der Waals surface area contributed by atoms with Gasteiger partial charge in [0, 0.05) is 17.2 Å². The summed E-state index contributed by atoms with van der Waals surface area (Å²) in [5.41, 5.74) is 7.43. The van der Waals surface area contributed by atoms with Crippen LogP contribution in [0, 0.1) is 23.7 Å². The van der Waals surface area contributed by atoms with Gasteiger partial charge >= 0.3 is 0 Å². The molecule has 0 aliphatic heterocycles. The molecule has 2 aromatic rings. The minimum absolute atomic E-state index is 0.552. The van der Waals surface area contributed by atoms with E-state index in [2.05, 4.69) is 10.1 Å². The second-order valence-electron chi connectivity index (χ2n) is 6.59. The van der Waals surface area contributed by atoms with E-state index in [1.807, 2.05) is 24.3 Å². The van der Waals surface area contributed by atoms with Crippen molar-refractivity contribution in [3.63, 3.8) is 0 Å². The Morgan fingerprint density at radius 3 is 2.45 bits per heavy atom. The maximum Gasteiger partial charge on any atom is 0.230 e. The summed E-state index contributed by atoms with van der Waals surface area (Å²) in [5.74, 6) is 5.66. The Morgan fingerprint density at radius 1 is 1.05 bits per heavy atom. The first-order valence-corrected chi connectivity index (χ1v) is 7.51. The van der Waals surface area contributed by atoms with Crippen LogP contribution < -0.4 is 5.73 Å². The van der Waals surface area contributed by atoms with Crippen molar-refractivity contribution < 1.29 is 4.52 Å². The smallest absolute Gasteiger partial charge is 0.230 e. The van der Waals surface area contributed by atoms with Crippen molar-refractivity contribution in [2.24, 2.45) is 23.7 Å². The van der Waals surface area contributed by atoms with Gasteiger partial charge in [0.2, 0.25) is 11.7 Å². The first-order chi connectivity index (χ1) is 9.81. The third kappa shape index (κ3) is 1.37. The number of rotatable bonds is 2. The molecule has 2 N–H and O–H groups in total. The number of hydrogen-bond donors (Lipinski definition) is 1. The molecule has 4 atom stereocenters. The first kappa shape index (κ1) is 10.9. The van der Waals surface area contributed by atoms with E-state index in [0.29, 0.717) is 11.7 Å². The van der Waals surface area contributed by atoms with Crippen LogP contribution in [0.1, 0.15) is 31.1 Å². The van der Waals surface area contributed by atoms with E-state index in [9.17, 15) is 0 Å². The van der Waals surface area contributed by atoms with Crippen LogP contribution in [0.15, 0.2) is 28.8 Å². The van der Waals surface area contributed by atoms with E-state index in [0.717, 1.165) is 40.8 Å². The minimum Gasteiger partial charge on any atom is -0.399 e. The molecule has 0 amide bonds. The van der Waals surface area contributed by atoms with E-state index in [1.165, 1.54) is 19.3 Å². The molecule has 3 saturated carbocycles. The summed E-state index contributed by atoms with van der Waals surface area (Å²) < 4.78 is 5.54. The third-order valence-electron chi connectivity index (χ3n) is 5.63. The van der Waals surface area contributed by atoms with Crippen molar-refractivity contribution in [3.8, 4) is 11.4 Å². The zero-order valence-corrected chi connectivity index (χ0v) is 11.2. The highest BCUT2D eigenvalue weighted by molar-refractivity contribution is 5.58. The van der Waals surface area contributed by atoms with E-state index < -0.39 is 0 Å². The Bertz CT molecular complexity index is 647. The fraction of sp³-hybridized carbons (Fsp3) is 0.500. The number of nitrogens with two attached hydrogens (primary N) is 1. The minimum atomic E-state index is 0.552. The molecular formula is C16H17N3O. The SMILES string of the molecule is Nc1ccc(-c2noc(C3C4C5CCC(C5)C34)n2)cc1. The quantitative estimate of drug-likeness (QED) is 0.849. The number of fused-ring (bicyclic) bond motifs is 5. The average Bonchev–Trinajstić information content (AvgIpc) is 2.89. The lowest BCUT2D eigenvalue weighted by Crippen LogP contribution is -1.97. The molecule has 0 saturated heterocycles. The standard InChI is InChI=1S/C16H17N3O/c17-11-5-3-8(4-6-11)15-18-16(20-19-15)14-12-9-1-2-10(7-9)13(12)14/h3-6,9-10,12-14H,1-2,7,17H2. The summed E-state index contributed by atoms with van der Waals surface area (Å²) in [7, 11) is 0. The van der Waals surface area contributed by atoms with E-state index in [-0.39, 0.29) is 0 Å². The van der Waals surface area contributed by atoms with Crippen LogP contribution in [-0.4, -0.2) is 10.1 Å². The Hall–Kier alpha value is -1.84. The molecule has 1 heterocycles. The second kappa shape index (κ2) is 3.62. The highest BCUT2D eigenvalue weighted by Crippen LogP contribution is 2.72. The van der Waals surface area contributed by atoms with Crippen molar-refractivity contribution in [1.82, 2.24) is 10.1 Å². The third-order valence-corrected chi connectivity index (χ3v) is 5.63. The highest BCUT2D eigenvalue weighted by Gasteiger charge is 2.67. The van der Waals surface area contributed by atoms with Gasteiger partial charge in [-0.05, 0) is 67.2 Å². The summed E-state index contributed by atoms with van der Waals surface area (Å²) >= 11 is 0. The molecule has 4 unspecified atom stereocenters. The van der Waals surface area contributed by atoms with Gasteiger partial charge in [0.1, 0.15) is 0 Å². The van der Waals surface area contributed by atoms with Crippen LogP contribution in [0.4, 0.5) is 5.69 Å². The molecule has 0 radical (unpaired) electrons. The predicted octanol–water partition coefficient (Wildman–Crippen LogP) is 3.08. The van der Waals surface area contributed by atoms with E-state index in [1.54, 1.807) is 0 Å². The van der Waals surface area contributed by atoms with Crippen LogP contribution in [0.25, 0.3) is 11.4 Å². The van der Waals surface area contributed by atoms with Gasteiger partial charge in [-0.25, -0.2) is 0 Å². The Labute approximate surface area is 117 Å². The van der Waals surface area contributed by atoms with Gasteiger partial charge in [-0.2, -0.15) is 4.98 Å². The largest absolute Gasteiger partial charge is 0.399 e. The maximum atomic E-state index is 5.70. The Balaban J connectivity index is 1.43. The summed E-state index contributed by atoms with van der Waals surface area (Å²) in [6.45, 7) is 0. The average molecular weight is 267 g/mol. The molecule has 3 aliphatic rings. The van der Waals surface area contributed by atoms with Crippen molar-refractivity contribution in [2.45, 2.75) is 25.2 Å². The summed E-state index contributed by atoms with van der Waals surface area (Å²) in [6.07, 6.45) is 4.29. The predicted molar refractivity (Wildman–Crippen MR) is 74.7 cm³/mol. The molecule has 20 heavy (non-hydrogen) atoms. The van der Waals surface area contributed by atoms with Gasteiger partial charge in [-0.1, -0.05) is 5.16 Å². The van der Waals surface area contributed by atoms with E-state index in [4.69, 9.17) is 10.3 Å². The van der Waals surface area contributed by atoms with Crippen molar-refractivity contribution in [3.05, 3.63) is 30.2 Å². The topological polar surface area (TPSA) is 64.9 Å². The number of nitrogen functional groups attached to an aromatic ring is 1. The monoisotopic (exact) mass is 267 g/mol. The number of nitrogens with zero attached hydrogens (tertiary/aromatic N) is 2. The lowest BCUT2D eigenvalue weighted by Gasteiger charge is -2.04. The number of anilines is 1. The fourth-order valence-electron chi connectivity index (χ4n) is 4.78. The second-order valence-corrected chi connectivity index (χ2v) is 6.59. The molecule has 102 valence electrons. The molecule has 3 aliphatic carbocycles. The van der Waals surface area contributed by atoms with Crippen LogP contribution in [0.3, 0.4) is 0 Å². The zero-order valence-electron chi connectivity index (χ0n) is 11.2. The molecule has 3 fully saturated rings. The van der Waals surface area contributed by atoms with Gasteiger partial charge in [0.25, 0.3) is 0 Å². The summed E-state index contributed by atoms with van der Waals surface area (Å²) in [4.78, 5) is 4.63. The molecule has 2 bridgehead atoms. The molecule has 4 nitrogen and oxygen atoms in total. The Morgan fingerprint density at radius 2 is 1.75 bits per heavy atom. The molecule has 0 spiro atoms. The highest BCUT2D eigenvalue weighted by atomic mass is 16.5. The fourth-order valence-corrected chi connectivity index (χ4v) is 4.78. The molecule has 1 aromatic carbocycles. The normalized spacial score (nSPS) is 37.1. The van der Waals surface area contributed by atoms with Crippen LogP contribution in [-0.2, 0) is 0 Å². The number of benzene rings is 1. The van der Waals surface area contributed by atoms with Crippen LogP contribution >= 0.6 is 0 Å². The van der Waals surface area contributed by atoms with Crippen molar-refractivity contribution >= 4 is 5.69 Å². The van der Waals surface area contributed by atoms with E-state index >= 15 is 0 Å². The first-order valence-electron chi connectivity index (χ1n) is 7.51. The van der Waals surface area contributed by atoms with Gasteiger partial charge in [-0.3, -0.25) is 0 Å². The maximum absolute atomic E-state index is 5.70. The molecule has 1 aromatic heterocycles. The van der Waals surface area contributed by atoms with Gasteiger partial charge in [-0.15, -0.1) is 0 Å². The summed E-state index contributed by atoms with van der Waals surface area (Å²) in [6, 6.07) is 7.64.